The molecule has 0 aromatic rings. The first-order valence-corrected chi connectivity index (χ1v) is 3.95. The van der Waals surface area contributed by atoms with Gasteiger partial charge in [0.1, 0.15) is 0 Å². The molecule has 0 spiro atoms. The van der Waals surface area contributed by atoms with Crippen LogP contribution in [0.25, 0.3) is 0 Å². The Morgan fingerprint density at radius 3 is 2.33 bits per heavy atom. The molecule has 0 amide bonds. The summed E-state index contributed by atoms with van der Waals surface area (Å²) in [6, 6.07) is 0. The van der Waals surface area contributed by atoms with Crippen LogP contribution in [0.4, 0.5) is 0 Å². The third-order valence-corrected chi connectivity index (χ3v) is 2.02. The van der Waals surface area contributed by atoms with Gasteiger partial charge in [0, 0.05) is 6.61 Å². The van der Waals surface area contributed by atoms with Crippen LogP contribution in [-0.2, 0) is 4.79 Å². The molecule has 0 radical (unpaired) electrons. The fraction of sp³-hybridized carbons (Fsp3) is 0.875. The van der Waals surface area contributed by atoms with Crippen molar-refractivity contribution in [2.24, 2.45) is 5.41 Å². The monoisotopic (exact) mass is 176 g/mol. The van der Waals surface area contributed by atoms with Gasteiger partial charge in [-0.25, -0.2) is 0 Å². The zero-order valence-electron chi connectivity index (χ0n) is 7.45. The second-order valence-electron chi connectivity index (χ2n) is 3.41. The highest BCUT2D eigenvalue weighted by molar-refractivity contribution is 5.74. The highest BCUT2D eigenvalue weighted by Crippen LogP contribution is 2.23. The Kier molecular flexibility index (Phi) is 4.20. The molecule has 1 unspecified atom stereocenters. The van der Waals surface area contributed by atoms with E-state index >= 15 is 0 Å². The highest BCUT2D eigenvalue weighted by Gasteiger charge is 2.34. The molecule has 1 atom stereocenters. The minimum Gasteiger partial charge on any atom is -0.481 e. The zero-order valence-corrected chi connectivity index (χ0v) is 7.45. The van der Waals surface area contributed by atoms with E-state index in [1.165, 1.54) is 13.8 Å². The summed E-state index contributed by atoms with van der Waals surface area (Å²) in [6.07, 6.45) is -0.157. The van der Waals surface area contributed by atoms with Gasteiger partial charge in [-0.15, -0.1) is 0 Å². The van der Waals surface area contributed by atoms with E-state index in [1.807, 2.05) is 0 Å². The molecular weight excluding hydrogens is 160 g/mol. The maximum atomic E-state index is 10.6. The summed E-state index contributed by atoms with van der Waals surface area (Å²) in [5.74, 6) is -1.02. The third kappa shape index (κ3) is 2.79. The van der Waals surface area contributed by atoms with Crippen molar-refractivity contribution in [1.29, 1.82) is 0 Å². The van der Waals surface area contributed by atoms with E-state index < -0.39 is 17.5 Å². The van der Waals surface area contributed by atoms with E-state index in [0.29, 0.717) is 12.8 Å². The summed E-state index contributed by atoms with van der Waals surface area (Å²) in [4.78, 5) is 10.6. The van der Waals surface area contributed by atoms with Gasteiger partial charge < -0.3 is 15.3 Å². The van der Waals surface area contributed by atoms with Crippen LogP contribution in [0.2, 0.25) is 0 Å². The van der Waals surface area contributed by atoms with E-state index in [4.69, 9.17) is 10.2 Å². The summed E-state index contributed by atoms with van der Waals surface area (Å²) >= 11 is 0. The van der Waals surface area contributed by atoms with E-state index in [0.717, 1.165) is 0 Å². The highest BCUT2D eigenvalue weighted by atomic mass is 16.4. The van der Waals surface area contributed by atoms with Gasteiger partial charge in [-0.05, 0) is 26.7 Å². The van der Waals surface area contributed by atoms with E-state index in [9.17, 15) is 9.90 Å². The Morgan fingerprint density at radius 2 is 2.00 bits per heavy atom. The third-order valence-electron chi connectivity index (χ3n) is 2.02. The molecule has 0 aliphatic heterocycles. The number of rotatable bonds is 5. The molecule has 3 N–H and O–H groups in total. The second kappa shape index (κ2) is 4.42. The lowest BCUT2D eigenvalue weighted by Crippen LogP contribution is -2.37. The van der Waals surface area contributed by atoms with Gasteiger partial charge in [0.15, 0.2) is 0 Å². The Bertz CT molecular complexity index is 153. The fourth-order valence-electron chi connectivity index (χ4n) is 0.788. The molecule has 72 valence electrons. The quantitative estimate of drug-likeness (QED) is 0.560. The summed E-state index contributed by atoms with van der Waals surface area (Å²) in [5.41, 5.74) is -1.13. The smallest absolute Gasteiger partial charge is 0.311 e. The number of aliphatic hydroxyl groups is 2. The molecule has 4 nitrogen and oxygen atoms in total. The van der Waals surface area contributed by atoms with Crippen LogP contribution < -0.4 is 0 Å². The topological polar surface area (TPSA) is 77.8 Å². The number of hydrogen-bond donors (Lipinski definition) is 3. The van der Waals surface area contributed by atoms with Crippen molar-refractivity contribution in [3.05, 3.63) is 0 Å². The SMILES string of the molecule is CC(C)(C(=O)O)C(O)CCCO. The predicted octanol–water partition coefficient (Wildman–Crippen LogP) is 0.231. The molecule has 0 fully saturated rings. The molecular formula is C8H16O4. The molecule has 0 saturated heterocycles. The van der Waals surface area contributed by atoms with Crippen LogP contribution in [0.5, 0.6) is 0 Å². The number of carboxylic acids is 1. The first-order chi connectivity index (χ1) is 5.42. The van der Waals surface area contributed by atoms with E-state index in [2.05, 4.69) is 0 Å². The molecule has 0 aromatic carbocycles. The minimum absolute atomic E-state index is 0.0211. The Morgan fingerprint density at radius 1 is 1.50 bits per heavy atom. The van der Waals surface area contributed by atoms with Crippen molar-refractivity contribution in [2.45, 2.75) is 32.8 Å². The molecule has 0 aliphatic rings. The molecule has 0 aromatic heterocycles. The standard InChI is InChI=1S/C8H16O4/c1-8(2,7(11)12)6(10)4-3-5-9/h6,9-10H,3-5H2,1-2H3,(H,11,12). The van der Waals surface area contributed by atoms with Crippen molar-refractivity contribution in [3.63, 3.8) is 0 Å². The Labute approximate surface area is 71.8 Å². The van der Waals surface area contributed by atoms with Crippen LogP contribution in [-0.4, -0.2) is 34.0 Å². The van der Waals surface area contributed by atoms with Crippen molar-refractivity contribution in [1.82, 2.24) is 0 Å². The lowest BCUT2D eigenvalue weighted by molar-refractivity contribution is -0.153. The second-order valence-corrected chi connectivity index (χ2v) is 3.41. The maximum Gasteiger partial charge on any atom is 0.311 e. The fourth-order valence-corrected chi connectivity index (χ4v) is 0.788. The number of carbonyl (C=O) groups is 1. The summed E-state index contributed by atoms with van der Waals surface area (Å²) in [5, 5.41) is 26.5. The van der Waals surface area contributed by atoms with Crippen LogP contribution in [0.1, 0.15) is 26.7 Å². The van der Waals surface area contributed by atoms with Crippen LogP contribution in [0.15, 0.2) is 0 Å². The minimum atomic E-state index is -1.13. The zero-order chi connectivity index (χ0) is 9.78. The predicted molar refractivity (Wildman–Crippen MR) is 43.7 cm³/mol. The van der Waals surface area contributed by atoms with Crippen LogP contribution in [0.3, 0.4) is 0 Å². The van der Waals surface area contributed by atoms with Gasteiger partial charge in [0.2, 0.25) is 0 Å². The molecule has 0 bridgehead atoms. The number of carboxylic acid groups (broad SMARTS) is 1. The van der Waals surface area contributed by atoms with Gasteiger partial charge in [-0.1, -0.05) is 0 Å². The van der Waals surface area contributed by atoms with Crippen LogP contribution in [0, 0.1) is 5.41 Å². The average Bonchev–Trinajstić information content (AvgIpc) is 1.99. The number of aliphatic hydroxyl groups excluding tert-OH is 2. The molecule has 0 saturated carbocycles. The van der Waals surface area contributed by atoms with E-state index in [1.54, 1.807) is 0 Å². The van der Waals surface area contributed by atoms with Crippen molar-refractivity contribution >= 4 is 5.97 Å². The van der Waals surface area contributed by atoms with Gasteiger partial charge in [0.05, 0.1) is 11.5 Å². The van der Waals surface area contributed by atoms with Gasteiger partial charge >= 0.3 is 5.97 Å². The first-order valence-electron chi connectivity index (χ1n) is 3.95. The molecule has 12 heavy (non-hydrogen) atoms. The van der Waals surface area contributed by atoms with Gasteiger partial charge in [0.25, 0.3) is 0 Å². The van der Waals surface area contributed by atoms with Crippen molar-refractivity contribution in [2.75, 3.05) is 6.61 Å². The van der Waals surface area contributed by atoms with E-state index in [-0.39, 0.29) is 6.61 Å². The Balaban J connectivity index is 4.06. The van der Waals surface area contributed by atoms with Gasteiger partial charge in [-0.3, -0.25) is 4.79 Å². The number of hydrogen-bond acceptors (Lipinski definition) is 3. The largest absolute Gasteiger partial charge is 0.481 e. The normalized spacial score (nSPS) is 14.3. The first kappa shape index (κ1) is 11.4. The molecule has 0 aliphatic carbocycles. The maximum absolute atomic E-state index is 10.6. The lowest BCUT2D eigenvalue weighted by atomic mass is 9.84. The molecule has 0 heterocycles. The number of aliphatic carboxylic acids is 1. The molecule has 4 heteroatoms. The van der Waals surface area contributed by atoms with Gasteiger partial charge in [-0.2, -0.15) is 0 Å². The Hall–Kier alpha value is -0.610. The summed E-state index contributed by atoms with van der Waals surface area (Å²) in [6.45, 7) is 2.92. The summed E-state index contributed by atoms with van der Waals surface area (Å²) < 4.78 is 0. The average molecular weight is 176 g/mol. The van der Waals surface area contributed by atoms with Crippen molar-refractivity contribution in [3.8, 4) is 0 Å². The van der Waals surface area contributed by atoms with Crippen molar-refractivity contribution < 1.29 is 20.1 Å². The van der Waals surface area contributed by atoms with Crippen LogP contribution >= 0.6 is 0 Å². The lowest BCUT2D eigenvalue weighted by Gasteiger charge is -2.25. The molecule has 0 rings (SSSR count). The summed E-state index contributed by atoms with van der Waals surface area (Å²) in [7, 11) is 0.